The van der Waals surface area contributed by atoms with Crippen LogP contribution in [0.2, 0.25) is 0 Å². The number of carbonyl (C=O) groups is 1. The number of fused-ring (bicyclic) bond motifs is 1. The first-order valence-electron chi connectivity index (χ1n) is 9.65. The third-order valence-corrected chi connectivity index (χ3v) is 7.07. The molecule has 3 aromatic carbocycles. The van der Waals surface area contributed by atoms with Crippen LogP contribution in [0.3, 0.4) is 0 Å². The Labute approximate surface area is 175 Å². The molecule has 1 fully saturated rings. The number of piperazine rings is 1. The average molecular weight is 424 g/mol. The maximum Gasteiger partial charge on any atom is 0.246 e. The van der Waals surface area contributed by atoms with Gasteiger partial charge in [0, 0.05) is 32.3 Å². The molecule has 0 bridgehead atoms. The Morgan fingerprint density at radius 3 is 2.33 bits per heavy atom. The van der Waals surface area contributed by atoms with Gasteiger partial charge in [-0.25, -0.2) is 12.8 Å². The maximum absolute atomic E-state index is 13.2. The van der Waals surface area contributed by atoms with Gasteiger partial charge in [0.05, 0.1) is 4.90 Å². The normalized spacial score (nSPS) is 15.7. The highest BCUT2D eigenvalue weighted by Crippen LogP contribution is 2.23. The Hall–Kier alpha value is -3.03. The molecule has 0 spiro atoms. The number of carbonyl (C=O) groups excluding carboxylic acids is 1. The number of amides is 1. The van der Waals surface area contributed by atoms with E-state index in [2.05, 4.69) is 0 Å². The summed E-state index contributed by atoms with van der Waals surface area (Å²) in [4.78, 5) is 14.3. The Kier molecular flexibility index (Phi) is 5.65. The second-order valence-electron chi connectivity index (χ2n) is 7.13. The first-order valence-corrected chi connectivity index (χ1v) is 11.1. The summed E-state index contributed by atoms with van der Waals surface area (Å²) in [7, 11) is -3.63. The van der Waals surface area contributed by atoms with Crippen LogP contribution in [0.1, 0.15) is 5.56 Å². The summed E-state index contributed by atoms with van der Waals surface area (Å²) < 4.78 is 40.7. The van der Waals surface area contributed by atoms with Crippen LogP contribution in [0.25, 0.3) is 16.8 Å². The molecule has 0 saturated carbocycles. The fourth-order valence-electron chi connectivity index (χ4n) is 3.51. The van der Waals surface area contributed by atoms with Crippen molar-refractivity contribution >= 4 is 32.8 Å². The number of halogens is 1. The van der Waals surface area contributed by atoms with Gasteiger partial charge >= 0.3 is 0 Å². The van der Waals surface area contributed by atoms with Gasteiger partial charge in [0.2, 0.25) is 15.9 Å². The first-order chi connectivity index (χ1) is 14.4. The van der Waals surface area contributed by atoms with Crippen LogP contribution in [0.15, 0.2) is 77.7 Å². The van der Waals surface area contributed by atoms with Gasteiger partial charge in [0.1, 0.15) is 5.82 Å². The van der Waals surface area contributed by atoms with E-state index in [1.54, 1.807) is 41.3 Å². The predicted octanol–water partition coefficient (Wildman–Crippen LogP) is 3.53. The summed E-state index contributed by atoms with van der Waals surface area (Å²) in [6.07, 6.45) is 2.95. The Balaban J connectivity index is 1.42. The van der Waals surface area contributed by atoms with E-state index in [9.17, 15) is 17.6 Å². The molecule has 1 amide bonds. The van der Waals surface area contributed by atoms with Gasteiger partial charge in [0.15, 0.2) is 0 Å². The predicted molar refractivity (Wildman–Crippen MR) is 115 cm³/mol. The summed E-state index contributed by atoms with van der Waals surface area (Å²) in [5, 5.41) is 1.85. The minimum Gasteiger partial charge on any atom is -0.337 e. The van der Waals surface area contributed by atoms with E-state index >= 15 is 0 Å². The molecule has 7 heteroatoms. The quantitative estimate of drug-likeness (QED) is 0.602. The van der Waals surface area contributed by atoms with Crippen molar-refractivity contribution in [2.24, 2.45) is 0 Å². The summed E-state index contributed by atoms with van der Waals surface area (Å²) in [5.41, 5.74) is 0.598. The van der Waals surface area contributed by atoms with Gasteiger partial charge in [-0.1, -0.05) is 42.5 Å². The van der Waals surface area contributed by atoms with Crippen molar-refractivity contribution in [3.05, 3.63) is 84.2 Å². The summed E-state index contributed by atoms with van der Waals surface area (Å²) in [5.74, 6) is -0.584. The zero-order chi connectivity index (χ0) is 21.1. The summed E-state index contributed by atoms with van der Waals surface area (Å²) in [6, 6.07) is 18.7. The lowest BCUT2D eigenvalue weighted by atomic mass is 10.1. The van der Waals surface area contributed by atoms with Crippen molar-refractivity contribution in [3.8, 4) is 0 Å². The van der Waals surface area contributed by atoms with Gasteiger partial charge in [-0.2, -0.15) is 4.31 Å². The number of rotatable bonds is 4. The molecule has 0 N–H and O–H groups in total. The van der Waals surface area contributed by atoms with E-state index in [-0.39, 0.29) is 29.7 Å². The van der Waals surface area contributed by atoms with Crippen LogP contribution >= 0.6 is 0 Å². The van der Waals surface area contributed by atoms with Gasteiger partial charge in [-0.3, -0.25) is 4.79 Å². The molecule has 4 rings (SSSR count). The number of benzene rings is 3. The van der Waals surface area contributed by atoms with Gasteiger partial charge in [-0.05, 0) is 46.7 Å². The van der Waals surface area contributed by atoms with E-state index in [0.29, 0.717) is 18.7 Å². The monoisotopic (exact) mass is 424 g/mol. The molecular weight excluding hydrogens is 403 g/mol. The van der Waals surface area contributed by atoms with Crippen LogP contribution in [0.5, 0.6) is 0 Å². The van der Waals surface area contributed by atoms with Crippen molar-refractivity contribution in [2.75, 3.05) is 26.2 Å². The van der Waals surface area contributed by atoms with Crippen molar-refractivity contribution in [1.82, 2.24) is 9.21 Å². The lowest BCUT2D eigenvalue weighted by molar-refractivity contribution is -0.127. The maximum atomic E-state index is 13.2. The fourth-order valence-corrected chi connectivity index (χ4v) is 4.97. The highest BCUT2D eigenvalue weighted by atomic mass is 32.2. The molecule has 0 atom stereocenters. The van der Waals surface area contributed by atoms with E-state index in [1.807, 2.05) is 24.3 Å². The molecule has 30 heavy (non-hydrogen) atoms. The van der Waals surface area contributed by atoms with Gasteiger partial charge < -0.3 is 4.90 Å². The fraction of sp³-hybridized carbons (Fsp3) is 0.174. The van der Waals surface area contributed by atoms with Crippen LogP contribution in [0.4, 0.5) is 4.39 Å². The molecule has 1 aliphatic heterocycles. The zero-order valence-corrected chi connectivity index (χ0v) is 17.1. The molecule has 1 aliphatic rings. The third kappa shape index (κ3) is 4.27. The first kappa shape index (κ1) is 20.3. The molecule has 1 saturated heterocycles. The van der Waals surface area contributed by atoms with Crippen LogP contribution < -0.4 is 0 Å². The van der Waals surface area contributed by atoms with Crippen molar-refractivity contribution in [3.63, 3.8) is 0 Å². The molecule has 1 heterocycles. The van der Waals surface area contributed by atoms with E-state index in [4.69, 9.17) is 0 Å². The Morgan fingerprint density at radius 2 is 1.60 bits per heavy atom. The molecule has 154 valence electrons. The van der Waals surface area contributed by atoms with Crippen molar-refractivity contribution in [2.45, 2.75) is 4.90 Å². The summed E-state index contributed by atoms with van der Waals surface area (Å²) >= 11 is 0. The molecule has 3 aromatic rings. The largest absolute Gasteiger partial charge is 0.337 e. The van der Waals surface area contributed by atoms with Crippen molar-refractivity contribution in [1.29, 1.82) is 0 Å². The molecule has 5 nitrogen and oxygen atoms in total. The van der Waals surface area contributed by atoms with Crippen LogP contribution in [0, 0.1) is 5.82 Å². The van der Waals surface area contributed by atoms with Crippen LogP contribution in [-0.4, -0.2) is 49.7 Å². The third-order valence-electron chi connectivity index (χ3n) is 5.18. The standard InChI is InChI=1S/C23H21FN2O3S/c24-21-7-3-4-18(16-21)8-11-23(27)25-12-14-26(15-13-25)30(28,29)22-10-9-19-5-1-2-6-20(19)17-22/h1-11,16-17H,12-15H2. The summed E-state index contributed by atoms with van der Waals surface area (Å²) in [6.45, 7) is 1.07. The van der Waals surface area contributed by atoms with E-state index in [0.717, 1.165) is 10.8 Å². The Morgan fingerprint density at radius 1 is 0.867 bits per heavy atom. The average Bonchev–Trinajstić information content (AvgIpc) is 2.77. The van der Waals surface area contributed by atoms with E-state index in [1.165, 1.54) is 22.5 Å². The highest BCUT2D eigenvalue weighted by molar-refractivity contribution is 7.89. The zero-order valence-electron chi connectivity index (χ0n) is 16.2. The van der Waals surface area contributed by atoms with Gasteiger partial charge in [-0.15, -0.1) is 0 Å². The SMILES string of the molecule is O=C(C=Cc1cccc(F)c1)N1CCN(S(=O)(=O)c2ccc3ccccc3c2)CC1. The number of hydrogen-bond donors (Lipinski definition) is 0. The van der Waals surface area contributed by atoms with Crippen LogP contribution in [-0.2, 0) is 14.8 Å². The van der Waals surface area contributed by atoms with Gasteiger partial charge in [0.25, 0.3) is 0 Å². The van der Waals surface area contributed by atoms with E-state index < -0.39 is 10.0 Å². The second-order valence-corrected chi connectivity index (χ2v) is 9.06. The number of nitrogens with zero attached hydrogens (tertiary/aromatic N) is 2. The Bertz CT molecular complexity index is 1220. The lowest BCUT2D eigenvalue weighted by Gasteiger charge is -2.33. The molecular formula is C23H21FN2O3S. The minimum absolute atomic E-state index is 0.220. The lowest BCUT2D eigenvalue weighted by Crippen LogP contribution is -2.50. The number of hydrogen-bond acceptors (Lipinski definition) is 3. The highest BCUT2D eigenvalue weighted by Gasteiger charge is 2.29. The molecule has 0 aromatic heterocycles. The topological polar surface area (TPSA) is 57.7 Å². The number of sulfonamides is 1. The smallest absolute Gasteiger partial charge is 0.246 e. The van der Waals surface area contributed by atoms with Crippen molar-refractivity contribution < 1.29 is 17.6 Å². The minimum atomic E-state index is -3.63. The molecule has 0 radical (unpaired) electrons. The second kappa shape index (κ2) is 8.38. The molecule has 0 aliphatic carbocycles. The molecule has 0 unspecified atom stereocenters.